The highest BCUT2D eigenvalue weighted by Gasteiger charge is 2.43. The molecule has 0 unspecified atom stereocenters. The quantitative estimate of drug-likeness (QED) is 0.667. The minimum atomic E-state index is -0.682. The minimum absolute atomic E-state index is 0.0302. The Hall–Kier alpha value is -2.80. The number of benzene rings is 2. The molecule has 1 amide bonds. The summed E-state index contributed by atoms with van der Waals surface area (Å²) >= 11 is 0. The zero-order valence-electron chi connectivity index (χ0n) is 16.2. The van der Waals surface area contributed by atoms with E-state index in [9.17, 15) is 23.1 Å². The Balaban J connectivity index is 1.50. The Morgan fingerprint density at radius 1 is 1.10 bits per heavy atom. The maximum Gasteiger partial charge on any atom is 0.226 e. The van der Waals surface area contributed by atoms with Crippen molar-refractivity contribution in [3.8, 4) is 11.3 Å². The average Bonchev–Trinajstić information content (AvgIpc) is 3.00. The van der Waals surface area contributed by atoms with E-state index in [1.807, 2.05) is 0 Å². The van der Waals surface area contributed by atoms with Gasteiger partial charge < -0.3 is 15.0 Å². The molecule has 2 heterocycles. The molecular weight excluding hydrogens is 393 g/mol. The fourth-order valence-corrected chi connectivity index (χ4v) is 4.72. The van der Waals surface area contributed by atoms with Crippen LogP contribution in [-0.2, 0) is 4.79 Å². The van der Waals surface area contributed by atoms with Crippen LogP contribution in [0.4, 0.5) is 13.2 Å². The van der Waals surface area contributed by atoms with E-state index < -0.39 is 11.6 Å². The number of H-pyrrole nitrogens is 1. The molecule has 2 fully saturated rings. The summed E-state index contributed by atoms with van der Waals surface area (Å²) < 4.78 is 41.8. The summed E-state index contributed by atoms with van der Waals surface area (Å²) in [5.74, 6) is -1.88. The number of hydrogen-bond donors (Lipinski definition) is 2. The largest absolute Gasteiger partial charge is 0.394 e. The van der Waals surface area contributed by atoms with Crippen molar-refractivity contribution in [2.24, 2.45) is 5.92 Å². The first-order valence-electron chi connectivity index (χ1n) is 10.1. The molecule has 5 rings (SSSR count). The Bertz CT molecular complexity index is 1120. The number of amides is 1. The molecule has 0 bridgehead atoms. The molecule has 30 heavy (non-hydrogen) atoms. The Morgan fingerprint density at radius 2 is 1.83 bits per heavy atom. The number of nitrogens with one attached hydrogen (secondary N) is 1. The summed E-state index contributed by atoms with van der Waals surface area (Å²) in [5.41, 5.74) is 2.29. The van der Waals surface area contributed by atoms with Crippen molar-refractivity contribution in [1.82, 2.24) is 9.88 Å². The molecule has 156 valence electrons. The maximum atomic E-state index is 14.4. The van der Waals surface area contributed by atoms with Gasteiger partial charge in [0, 0.05) is 23.9 Å². The molecule has 0 radical (unpaired) electrons. The number of likely N-dealkylation sites (tertiary alicyclic amines) is 1. The fraction of sp³-hybridized carbons (Fsp3) is 0.348. The Morgan fingerprint density at radius 3 is 2.47 bits per heavy atom. The number of aliphatic hydroxyl groups is 1. The number of aromatic nitrogens is 1. The van der Waals surface area contributed by atoms with Gasteiger partial charge in [0.25, 0.3) is 0 Å². The number of halogens is 3. The van der Waals surface area contributed by atoms with Crippen LogP contribution in [0.25, 0.3) is 22.2 Å². The van der Waals surface area contributed by atoms with E-state index >= 15 is 0 Å². The zero-order chi connectivity index (χ0) is 21.0. The SMILES string of the molecule is O=C(C1CC(c2c(-c3ccc(F)cc3)[nH]c3c(F)cc(F)cc23)C1)N1CC[C@@H]1CO. The standard InChI is InChI=1S/C23H21F3N2O2/c24-15-3-1-12(2-4-15)21-20(18-9-16(25)10-19(26)22(18)27-21)13-7-14(8-13)23(30)28-6-5-17(28)11-29/h1-4,9-10,13-14,17,27,29H,5-8,11H2/t13?,14?,17-/m1/s1. The third-order valence-electron chi connectivity index (χ3n) is 6.53. The number of rotatable bonds is 4. The highest BCUT2D eigenvalue weighted by Crippen LogP contribution is 2.49. The third-order valence-corrected chi connectivity index (χ3v) is 6.53. The number of carbonyl (C=O) groups is 1. The Kier molecular flexibility index (Phi) is 4.58. The fourth-order valence-electron chi connectivity index (χ4n) is 4.72. The molecule has 0 spiro atoms. The highest BCUT2D eigenvalue weighted by molar-refractivity contribution is 5.92. The second kappa shape index (κ2) is 7.16. The second-order valence-corrected chi connectivity index (χ2v) is 8.25. The van der Waals surface area contributed by atoms with Gasteiger partial charge in [0.1, 0.15) is 17.5 Å². The molecular formula is C23H21F3N2O2. The molecule has 2 aromatic carbocycles. The van der Waals surface area contributed by atoms with Gasteiger partial charge in [-0.25, -0.2) is 13.2 Å². The number of fused-ring (bicyclic) bond motifs is 1. The van der Waals surface area contributed by atoms with Gasteiger partial charge in [-0.1, -0.05) is 0 Å². The van der Waals surface area contributed by atoms with Gasteiger partial charge in [-0.15, -0.1) is 0 Å². The molecule has 1 aliphatic heterocycles. The lowest BCUT2D eigenvalue weighted by Crippen LogP contribution is -2.56. The van der Waals surface area contributed by atoms with Crippen LogP contribution in [0.1, 0.15) is 30.7 Å². The Labute approximate surface area is 171 Å². The van der Waals surface area contributed by atoms with Gasteiger partial charge in [0.05, 0.1) is 23.9 Å². The molecule has 3 aromatic rings. The molecule has 1 aliphatic carbocycles. The van der Waals surface area contributed by atoms with Gasteiger partial charge in [0.2, 0.25) is 5.91 Å². The van der Waals surface area contributed by atoms with Gasteiger partial charge in [0.15, 0.2) is 0 Å². The van der Waals surface area contributed by atoms with Crippen LogP contribution in [0.15, 0.2) is 36.4 Å². The number of hydrogen-bond acceptors (Lipinski definition) is 2. The number of carbonyl (C=O) groups excluding carboxylic acids is 1. The maximum absolute atomic E-state index is 14.4. The van der Waals surface area contributed by atoms with Gasteiger partial charge in [-0.2, -0.15) is 0 Å². The summed E-state index contributed by atoms with van der Waals surface area (Å²) in [7, 11) is 0. The summed E-state index contributed by atoms with van der Waals surface area (Å²) in [4.78, 5) is 17.5. The molecule has 7 heteroatoms. The summed E-state index contributed by atoms with van der Waals surface area (Å²) in [5, 5.41) is 9.79. The molecule has 4 nitrogen and oxygen atoms in total. The molecule has 1 aromatic heterocycles. The van der Waals surface area contributed by atoms with Crippen molar-refractivity contribution in [1.29, 1.82) is 0 Å². The van der Waals surface area contributed by atoms with Gasteiger partial charge in [-0.05, 0) is 66.6 Å². The van der Waals surface area contributed by atoms with Crippen molar-refractivity contribution in [3.63, 3.8) is 0 Å². The van der Waals surface area contributed by atoms with Crippen LogP contribution >= 0.6 is 0 Å². The molecule has 1 saturated heterocycles. The van der Waals surface area contributed by atoms with Crippen LogP contribution in [-0.4, -0.2) is 40.1 Å². The molecule has 2 N–H and O–H groups in total. The molecule has 2 aliphatic rings. The molecule has 1 atom stereocenters. The van der Waals surface area contributed by atoms with Crippen LogP contribution in [0.3, 0.4) is 0 Å². The average molecular weight is 414 g/mol. The van der Waals surface area contributed by atoms with E-state index in [0.29, 0.717) is 36.0 Å². The van der Waals surface area contributed by atoms with Crippen molar-refractivity contribution in [3.05, 3.63) is 59.4 Å². The molecule has 1 saturated carbocycles. The second-order valence-electron chi connectivity index (χ2n) is 8.25. The van der Waals surface area contributed by atoms with E-state index in [1.54, 1.807) is 17.0 Å². The van der Waals surface area contributed by atoms with Gasteiger partial charge >= 0.3 is 0 Å². The number of aliphatic hydroxyl groups excluding tert-OH is 1. The highest BCUT2D eigenvalue weighted by atomic mass is 19.1. The number of nitrogens with zero attached hydrogens (tertiary/aromatic N) is 1. The van der Waals surface area contributed by atoms with Crippen molar-refractivity contribution < 1.29 is 23.1 Å². The summed E-state index contributed by atoms with van der Waals surface area (Å²) in [6.07, 6.45) is 1.97. The van der Waals surface area contributed by atoms with E-state index in [1.165, 1.54) is 18.2 Å². The van der Waals surface area contributed by atoms with E-state index in [0.717, 1.165) is 18.1 Å². The first-order chi connectivity index (χ1) is 14.5. The van der Waals surface area contributed by atoms with Crippen LogP contribution in [0.5, 0.6) is 0 Å². The summed E-state index contributed by atoms with van der Waals surface area (Å²) in [6, 6.07) is 7.91. The predicted octanol–water partition coefficient (Wildman–Crippen LogP) is 4.34. The van der Waals surface area contributed by atoms with Crippen LogP contribution < -0.4 is 0 Å². The van der Waals surface area contributed by atoms with Crippen molar-refractivity contribution >= 4 is 16.8 Å². The minimum Gasteiger partial charge on any atom is -0.394 e. The lowest BCUT2D eigenvalue weighted by atomic mass is 9.69. The lowest BCUT2D eigenvalue weighted by Gasteiger charge is -2.45. The monoisotopic (exact) mass is 414 g/mol. The van der Waals surface area contributed by atoms with Crippen molar-refractivity contribution in [2.75, 3.05) is 13.2 Å². The first kappa shape index (κ1) is 19.2. The van der Waals surface area contributed by atoms with E-state index in [-0.39, 0.29) is 41.7 Å². The van der Waals surface area contributed by atoms with Crippen molar-refractivity contribution in [2.45, 2.75) is 31.2 Å². The van der Waals surface area contributed by atoms with Gasteiger partial charge in [-0.3, -0.25) is 4.79 Å². The van der Waals surface area contributed by atoms with Crippen LogP contribution in [0.2, 0.25) is 0 Å². The van der Waals surface area contributed by atoms with Crippen LogP contribution in [0, 0.1) is 23.4 Å². The topological polar surface area (TPSA) is 56.3 Å². The lowest BCUT2D eigenvalue weighted by molar-refractivity contribution is -0.148. The van der Waals surface area contributed by atoms with E-state index in [4.69, 9.17) is 0 Å². The summed E-state index contributed by atoms with van der Waals surface area (Å²) in [6.45, 7) is 0.632. The smallest absolute Gasteiger partial charge is 0.226 e. The first-order valence-corrected chi connectivity index (χ1v) is 10.1. The zero-order valence-corrected chi connectivity index (χ0v) is 16.2. The third kappa shape index (κ3) is 2.99. The normalized spacial score (nSPS) is 23.3. The predicted molar refractivity (Wildman–Crippen MR) is 106 cm³/mol. The van der Waals surface area contributed by atoms with E-state index in [2.05, 4.69) is 4.98 Å². The number of aromatic amines is 1.